The third kappa shape index (κ3) is 6.40. The molecule has 0 spiro atoms. The van der Waals surface area contributed by atoms with E-state index in [-0.39, 0.29) is 18.4 Å². The number of piperidine rings is 1. The summed E-state index contributed by atoms with van der Waals surface area (Å²) in [6.07, 6.45) is 8.42. The number of carbonyl (C=O) groups excluding carboxylic acids is 2. The van der Waals surface area contributed by atoms with E-state index in [1.165, 1.54) is 19.3 Å². The maximum atomic E-state index is 13.5. The zero-order chi connectivity index (χ0) is 27.7. The predicted molar refractivity (Wildman–Crippen MR) is 150 cm³/mol. The zero-order valence-corrected chi connectivity index (χ0v) is 23.5. The number of ether oxygens (including phenoxy) is 1. The second kappa shape index (κ2) is 13.5. The van der Waals surface area contributed by atoms with Crippen LogP contribution in [0.1, 0.15) is 72.3 Å². The van der Waals surface area contributed by atoms with E-state index in [9.17, 15) is 9.59 Å². The molecule has 1 fully saturated rings. The number of anilines is 3. The highest BCUT2D eigenvalue weighted by atomic mass is 16.5. The molecule has 10 heteroatoms. The number of nitrogens with two attached hydrogens (primary N) is 1. The molecule has 2 aliphatic heterocycles. The van der Waals surface area contributed by atoms with Gasteiger partial charge in [-0.1, -0.05) is 34.1 Å². The van der Waals surface area contributed by atoms with E-state index in [2.05, 4.69) is 25.2 Å². The number of hydrogen-bond donors (Lipinski definition) is 2. The number of fused-ring (bicyclic) bond motifs is 1. The van der Waals surface area contributed by atoms with Crippen molar-refractivity contribution in [1.82, 2.24) is 19.9 Å². The minimum absolute atomic E-state index is 0.149. The number of aromatic nitrogens is 3. The maximum absolute atomic E-state index is 13.5. The van der Waals surface area contributed by atoms with Crippen molar-refractivity contribution in [3.8, 4) is 5.75 Å². The van der Waals surface area contributed by atoms with Crippen LogP contribution in [0.3, 0.4) is 0 Å². The Balaban J connectivity index is 0.00000195. The molecule has 2 aliphatic rings. The first kappa shape index (κ1) is 29.3. The molecule has 208 valence electrons. The number of primary amides is 1. The van der Waals surface area contributed by atoms with Crippen LogP contribution in [0.5, 0.6) is 5.75 Å². The van der Waals surface area contributed by atoms with E-state index in [4.69, 9.17) is 10.5 Å². The molecule has 0 aromatic carbocycles. The molecule has 4 heterocycles. The van der Waals surface area contributed by atoms with Crippen molar-refractivity contribution in [1.29, 1.82) is 0 Å². The number of nitrogens with zero attached hydrogens (tertiary/aromatic N) is 5. The quantitative estimate of drug-likeness (QED) is 0.445. The topological polar surface area (TPSA) is 127 Å². The standard InChI is InChI=1S/C26H37N7O3.C2H6/c1-4-18(3)33-22-19(15-26(5-2,23(27)34)24(33)35)16-29-25(31-22)30-21-10-9-20(17-28-21)36-14-13-32-11-7-6-8-12-32;1-2/h9-10,16-18H,4-8,11-15H2,1-3H3,(H2,27,34)(H,28,29,30,31);1-2H3. The van der Waals surface area contributed by atoms with Gasteiger partial charge in [0.1, 0.15) is 29.4 Å². The largest absolute Gasteiger partial charge is 0.491 e. The lowest BCUT2D eigenvalue weighted by molar-refractivity contribution is -0.141. The van der Waals surface area contributed by atoms with E-state index in [0.29, 0.717) is 42.8 Å². The van der Waals surface area contributed by atoms with Gasteiger partial charge in [-0.3, -0.25) is 19.4 Å². The fraction of sp³-hybridized carbons (Fsp3) is 0.607. The molecule has 2 atom stereocenters. The molecule has 4 rings (SSSR count). The molecule has 10 nitrogen and oxygen atoms in total. The van der Waals surface area contributed by atoms with Crippen molar-refractivity contribution in [2.24, 2.45) is 11.1 Å². The summed E-state index contributed by atoms with van der Waals surface area (Å²) >= 11 is 0. The van der Waals surface area contributed by atoms with Crippen LogP contribution in [-0.2, 0) is 16.0 Å². The highest BCUT2D eigenvalue weighted by molar-refractivity contribution is 6.13. The predicted octanol–water partition coefficient (Wildman–Crippen LogP) is 4.08. The van der Waals surface area contributed by atoms with Gasteiger partial charge in [-0.05, 0) is 57.8 Å². The van der Waals surface area contributed by atoms with Crippen molar-refractivity contribution < 1.29 is 14.3 Å². The number of likely N-dealkylation sites (tertiary alicyclic amines) is 1. The second-order valence-electron chi connectivity index (χ2n) is 9.71. The van der Waals surface area contributed by atoms with Crippen molar-refractivity contribution >= 4 is 29.4 Å². The normalized spacial score (nSPS) is 20.1. The molecule has 2 aromatic heterocycles. The maximum Gasteiger partial charge on any atom is 0.244 e. The van der Waals surface area contributed by atoms with Gasteiger partial charge in [0.15, 0.2) is 0 Å². The number of hydrogen-bond acceptors (Lipinski definition) is 8. The molecular weight excluding hydrogens is 482 g/mol. The molecule has 2 aromatic rings. The van der Waals surface area contributed by atoms with Gasteiger partial charge >= 0.3 is 0 Å². The van der Waals surface area contributed by atoms with Gasteiger partial charge in [0.05, 0.1) is 6.20 Å². The van der Waals surface area contributed by atoms with Gasteiger partial charge in [0, 0.05) is 30.8 Å². The Morgan fingerprint density at radius 2 is 1.89 bits per heavy atom. The summed E-state index contributed by atoms with van der Waals surface area (Å²) in [6.45, 7) is 13.6. The van der Waals surface area contributed by atoms with E-state index >= 15 is 0 Å². The lowest BCUT2D eigenvalue weighted by Crippen LogP contribution is -2.58. The summed E-state index contributed by atoms with van der Waals surface area (Å²) in [5.74, 6) is 1.20. The molecule has 2 amide bonds. The first-order chi connectivity index (χ1) is 18.4. The summed E-state index contributed by atoms with van der Waals surface area (Å²) in [7, 11) is 0. The van der Waals surface area contributed by atoms with E-state index in [0.717, 1.165) is 25.2 Å². The third-order valence-electron chi connectivity index (χ3n) is 7.40. The fourth-order valence-corrected chi connectivity index (χ4v) is 4.88. The van der Waals surface area contributed by atoms with E-state index in [1.807, 2.05) is 46.8 Å². The van der Waals surface area contributed by atoms with Crippen LogP contribution in [-0.4, -0.2) is 63.9 Å². The van der Waals surface area contributed by atoms with Gasteiger partial charge in [-0.2, -0.15) is 4.98 Å². The van der Waals surface area contributed by atoms with E-state index < -0.39 is 11.3 Å². The lowest BCUT2D eigenvalue weighted by atomic mass is 9.74. The Morgan fingerprint density at radius 1 is 1.16 bits per heavy atom. The smallest absolute Gasteiger partial charge is 0.244 e. The van der Waals surface area contributed by atoms with Crippen LogP contribution in [0, 0.1) is 5.41 Å². The first-order valence-corrected chi connectivity index (χ1v) is 14.0. The minimum Gasteiger partial charge on any atom is -0.491 e. The van der Waals surface area contributed by atoms with Gasteiger partial charge in [0.25, 0.3) is 0 Å². The second-order valence-corrected chi connectivity index (χ2v) is 9.71. The fourth-order valence-electron chi connectivity index (χ4n) is 4.88. The average Bonchev–Trinajstić information content (AvgIpc) is 2.95. The number of amides is 2. The Kier molecular flexibility index (Phi) is 10.4. The Morgan fingerprint density at radius 3 is 2.50 bits per heavy atom. The van der Waals surface area contributed by atoms with Crippen molar-refractivity contribution in [3.05, 3.63) is 30.1 Å². The molecule has 0 bridgehead atoms. The summed E-state index contributed by atoms with van der Waals surface area (Å²) in [4.78, 5) is 43.4. The minimum atomic E-state index is -1.28. The Bertz CT molecular complexity index is 1070. The van der Waals surface area contributed by atoms with Gasteiger partial charge in [-0.25, -0.2) is 9.97 Å². The summed E-state index contributed by atoms with van der Waals surface area (Å²) < 4.78 is 5.86. The first-order valence-electron chi connectivity index (χ1n) is 14.0. The third-order valence-corrected chi connectivity index (χ3v) is 7.40. The van der Waals surface area contributed by atoms with Crippen LogP contribution >= 0.6 is 0 Å². The molecule has 2 unspecified atom stereocenters. The average molecular weight is 526 g/mol. The molecule has 0 radical (unpaired) electrons. The Hall–Kier alpha value is -3.27. The van der Waals surface area contributed by atoms with Gasteiger partial charge in [0.2, 0.25) is 17.8 Å². The highest BCUT2D eigenvalue weighted by Gasteiger charge is 2.51. The summed E-state index contributed by atoms with van der Waals surface area (Å²) in [5.41, 5.74) is 5.17. The number of rotatable bonds is 10. The van der Waals surface area contributed by atoms with Crippen LogP contribution in [0.4, 0.5) is 17.6 Å². The molecule has 0 aliphatic carbocycles. The monoisotopic (exact) mass is 525 g/mol. The molecule has 1 saturated heterocycles. The van der Waals surface area contributed by atoms with Crippen molar-refractivity contribution in [2.75, 3.05) is 36.5 Å². The van der Waals surface area contributed by atoms with E-state index in [1.54, 1.807) is 17.3 Å². The van der Waals surface area contributed by atoms with Crippen LogP contribution in [0.2, 0.25) is 0 Å². The molecule has 3 N–H and O–H groups in total. The van der Waals surface area contributed by atoms with Crippen molar-refractivity contribution in [3.63, 3.8) is 0 Å². The SMILES string of the molecule is CC.CCC(C)N1C(=O)C(CC)(C(N)=O)Cc2cnc(Nc3ccc(OCCN4CCCCC4)cn3)nc21. The van der Waals surface area contributed by atoms with Gasteiger partial charge in [-0.15, -0.1) is 0 Å². The summed E-state index contributed by atoms with van der Waals surface area (Å²) in [6, 6.07) is 3.52. The number of carbonyl (C=O) groups is 2. The van der Waals surface area contributed by atoms with Crippen LogP contribution in [0.25, 0.3) is 0 Å². The number of nitrogens with one attached hydrogen (secondary N) is 1. The summed E-state index contributed by atoms with van der Waals surface area (Å²) in [5, 5.41) is 3.11. The van der Waals surface area contributed by atoms with Crippen molar-refractivity contribution in [2.45, 2.75) is 79.2 Å². The van der Waals surface area contributed by atoms with Crippen LogP contribution in [0.15, 0.2) is 24.5 Å². The molecule has 38 heavy (non-hydrogen) atoms. The lowest BCUT2D eigenvalue weighted by Gasteiger charge is -2.41. The Labute approximate surface area is 226 Å². The zero-order valence-electron chi connectivity index (χ0n) is 23.5. The number of pyridine rings is 1. The molecular formula is C28H43N7O3. The van der Waals surface area contributed by atoms with Gasteiger partial charge < -0.3 is 15.8 Å². The molecule has 0 saturated carbocycles. The van der Waals surface area contributed by atoms with Crippen LogP contribution < -0.4 is 20.7 Å². The highest BCUT2D eigenvalue weighted by Crippen LogP contribution is 2.40.